The lowest BCUT2D eigenvalue weighted by atomic mass is 10.1. The second kappa shape index (κ2) is 9.94. The maximum Gasteiger partial charge on any atom is 0.303 e. The van der Waals surface area contributed by atoms with E-state index in [9.17, 15) is 14.7 Å². The molecule has 0 aliphatic heterocycles. The lowest BCUT2D eigenvalue weighted by molar-refractivity contribution is -0.137. The minimum Gasteiger partial charge on any atom is -0.481 e. The van der Waals surface area contributed by atoms with Crippen LogP contribution in [0.15, 0.2) is 30.3 Å². The van der Waals surface area contributed by atoms with Gasteiger partial charge in [-0.2, -0.15) is 0 Å². The molecule has 5 heteroatoms. The minimum absolute atomic E-state index is 0.0213. The summed E-state index contributed by atoms with van der Waals surface area (Å²) in [6, 6.07) is 10.1. The Bertz CT molecular complexity index is 433. The fourth-order valence-electron chi connectivity index (χ4n) is 2.01. The Labute approximate surface area is 125 Å². The molecule has 1 unspecified atom stereocenters. The van der Waals surface area contributed by atoms with Crippen LogP contribution in [0.3, 0.4) is 0 Å². The molecule has 0 saturated carbocycles. The quantitative estimate of drug-likeness (QED) is 0.573. The Morgan fingerprint density at radius 1 is 1.10 bits per heavy atom. The first-order valence-corrected chi connectivity index (χ1v) is 7.31. The number of benzene rings is 1. The molecule has 1 amide bonds. The van der Waals surface area contributed by atoms with Crippen molar-refractivity contribution in [2.24, 2.45) is 0 Å². The van der Waals surface area contributed by atoms with E-state index in [0.717, 1.165) is 19.3 Å². The Kier molecular flexibility index (Phi) is 8.12. The first-order chi connectivity index (χ1) is 10.1. The maximum atomic E-state index is 11.5. The molecule has 0 saturated heterocycles. The van der Waals surface area contributed by atoms with E-state index in [1.165, 1.54) is 5.56 Å². The van der Waals surface area contributed by atoms with Gasteiger partial charge in [-0.1, -0.05) is 36.8 Å². The third-order valence-corrected chi connectivity index (χ3v) is 3.21. The van der Waals surface area contributed by atoms with Crippen LogP contribution in [0.4, 0.5) is 0 Å². The van der Waals surface area contributed by atoms with Crippen molar-refractivity contribution < 1.29 is 19.8 Å². The van der Waals surface area contributed by atoms with E-state index in [2.05, 4.69) is 17.4 Å². The van der Waals surface area contributed by atoms with E-state index in [1.54, 1.807) is 0 Å². The molecule has 5 nitrogen and oxygen atoms in total. The zero-order valence-electron chi connectivity index (χ0n) is 12.1. The number of hydrogen-bond acceptors (Lipinski definition) is 3. The molecule has 21 heavy (non-hydrogen) atoms. The number of aliphatic hydroxyl groups excluding tert-OH is 1. The van der Waals surface area contributed by atoms with Crippen LogP contribution in [-0.2, 0) is 16.0 Å². The van der Waals surface area contributed by atoms with Crippen molar-refractivity contribution in [1.82, 2.24) is 5.32 Å². The molecular formula is C16H23NO4. The molecule has 1 rings (SSSR count). The normalized spacial score (nSPS) is 11.9. The average Bonchev–Trinajstić information content (AvgIpc) is 2.48. The number of carbonyl (C=O) groups excluding carboxylic acids is 1. The summed E-state index contributed by atoms with van der Waals surface area (Å²) in [4.78, 5) is 21.9. The van der Waals surface area contributed by atoms with Crippen molar-refractivity contribution in [2.45, 2.75) is 44.6 Å². The Hall–Kier alpha value is -1.88. The summed E-state index contributed by atoms with van der Waals surface area (Å²) >= 11 is 0. The van der Waals surface area contributed by atoms with Gasteiger partial charge in [-0.25, -0.2) is 0 Å². The molecule has 0 aromatic heterocycles. The monoisotopic (exact) mass is 293 g/mol. The summed E-state index contributed by atoms with van der Waals surface area (Å²) in [6.07, 6.45) is 2.46. The van der Waals surface area contributed by atoms with Crippen LogP contribution < -0.4 is 5.32 Å². The minimum atomic E-state index is -1.01. The average molecular weight is 293 g/mol. The molecular weight excluding hydrogens is 270 g/mol. The van der Waals surface area contributed by atoms with Crippen molar-refractivity contribution in [3.63, 3.8) is 0 Å². The first kappa shape index (κ1) is 17.2. The number of aliphatic hydroxyl groups is 1. The van der Waals surface area contributed by atoms with Crippen molar-refractivity contribution in [2.75, 3.05) is 6.54 Å². The van der Waals surface area contributed by atoms with E-state index in [0.29, 0.717) is 12.8 Å². The van der Waals surface area contributed by atoms with Crippen LogP contribution in [0.5, 0.6) is 0 Å². The van der Waals surface area contributed by atoms with Crippen molar-refractivity contribution in [3.8, 4) is 0 Å². The molecule has 1 atom stereocenters. The summed E-state index contributed by atoms with van der Waals surface area (Å²) < 4.78 is 0. The van der Waals surface area contributed by atoms with Crippen LogP contribution in [0.2, 0.25) is 0 Å². The van der Waals surface area contributed by atoms with Gasteiger partial charge in [0.1, 0.15) is 6.10 Å². The van der Waals surface area contributed by atoms with E-state index in [4.69, 9.17) is 5.11 Å². The molecule has 0 aliphatic carbocycles. The molecule has 1 aromatic carbocycles. The lowest BCUT2D eigenvalue weighted by Gasteiger charge is -2.11. The number of rotatable bonds is 10. The number of carboxylic acids is 1. The third kappa shape index (κ3) is 8.09. The van der Waals surface area contributed by atoms with Gasteiger partial charge in [-0.3, -0.25) is 9.59 Å². The van der Waals surface area contributed by atoms with Gasteiger partial charge in [0.2, 0.25) is 5.91 Å². The highest BCUT2D eigenvalue weighted by Crippen LogP contribution is 2.08. The van der Waals surface area contributed by atoms with E-state index >= 15 is 0 Å². The van der Waals surface area contributed by atoms with E-state index in [-0.39, 0.29) is 13.0 Å². The Morgan fingerprint density at radius 2 is 1.81 bits per heavy atom. The number of aryl methyl sites for hydroxylation is 1. The summed E-state index contributed by atoms with van der Waals surface area (Å²) in [7, 11) is 0. The zero-order chi connectivity index (χ0) is 15.5. The van der Waals surface area contributed by atoms with Crippen LogP contribution in [0.25, 0.3) is 0 Å². The third-order valence-electron chi connectivity index (χ3n) is 3.21. The maximum absolute atomic E-state index is 11.5. The van der Waals surface area contributed by atoms with Gasteiger partial charge in [0.05, 0.1) is 0 Å². The first-order valence-electron chi connectivity index (χ1n) is 7.31. The molecule has 0 fully saturated rings. The molecule has 0 aliphatic rings. The fraction of sp³-hybridized carbons (Fsp3) is 0.500. The fourth-order valence-corrected chi connectivity index (χ4v) is 2.01. The van der Waals surface area contributed by atoms with Gasteiger partial charge in [0.15, 0.2) is 0 Å². The lowest BCUT2D eigenvalue weighted by Crippen LogP contribution is -2.35. The smallest absolute Gasteiger partial charge is 0.303 e. The van der Waals surface area contributed by atoms with Crippen LogP contribution in [0.1, 0.15) is 37.7 Å². The summed E-state index contributed by atoms with van der Waals surface area (Å²) in [5, 5.41) is 20.7. The van der Waals surface area contributed by atoms with Crippen molar-refractivity contribution in [3.05, 3.63) is 35.9 Å². The molecule has 0 heterocycles. The number of carbonyl (C=O) groups is 2. The van der Waals surface area contributed by atoms with Crippen molar-refractivity contribution in [1.29, 1.82) is 0 Å². The zero-order valence-corrected chi connectivity index (χ0v) is 12.1. The number of carboxylic acid groups (broad SMARTS) is 1. The number of hydrogen-bond donors (Lipinski definition) is 3. The number of nitrogens with one attached hydrogen (secondary N) is 1. The van der Waals surface area contributed by atoms with Crippen LogP contribution >= 0.6 is 0 Å². The van der Waals surface area contributed by atoms with Crippen LogP contribution in [-0.4, -0.2) is 34.7 Å². The van der Waals surface area contributed by atoms with Gasteiger partial charge in [-0.05, 0) is 31.2 Å². The summed E-state index contributed by atoms with van der Waals surface area (Å²) in [5.41, 5.74) is 1.25. The second-order valence-electron chi connectivity index (χ2n) is 5.04. The molecule has 0 radical (unpaired) electrons. The number of aliphatic carboxylic acids is 1. The van der Waals surface area contributed by atoms with Gasteiger partial charge in [0, 0.05) is 13.0 Å². The van der Waals surface area contributed by atoms with Gasteiger partial charge < -0.3 is 15.5 Å². The number of unbranched alkanes of at least 4 members (excludes halogenated alkanes) is 1. The van der Waals surface area contributed by atoms with Crippen LogP contribution in [0, 0.1) is 0 Å². The highest BCUT2D eigenvalue weighted by atomic mass is 16.4. The standard InChI is InChI=1S/C16H23NO4/c18-14(16(21)17-12-6-11-15(19)20)10-5-4-9-13-7-2-1-3-8-13/h1-3,7-8,14,18H,4-6,9-12H2,(H,17,21)(H,19,20). The van der Waals surface area contributed by atoms with Crippen molar-refractivity contribution >= 4 is 11.9 Å². The Morgan fingerprint density at radius 3 is 2.48 bits per heavy atom. The molecule has 3 N–H and O–H groups in total. The SMILES string of the molecule is O=C(O)CCCNC(=O)C(O)CCCCc1ccccc1. The second-order valence-corrected chi connectivity index (χ2v) is 5.04. The summed E-state index contributed by atoms with van der Waals surface area (Å²) in [5.74, 6) is -1.30. The topological polar surface area (TPSA) is 86.6 Å². The van der Waals surface area contributed by atoms with E-state index < -0.39 is 18.0 Å². The molecule has 0 bridgehead atoms. The van der Waals surface area contributed by atoms with Gasteiger partial charge in [0.25, 0.3) is 0 Å². The van der Waals surface area contributed by atoms with Gasteiger partial charge in [-0.15, -0.1) is 0 Å². The van der Waals surface area contributed by atoms with E-state index in [1.807, 2.05) is 18.2 Å². The molecule has 1 aromatic rings. The highest BCUT2D eigenvalue weighted by Gasteiger charge is 2.13. The Balaban J connectivity index is 2.08. The summed E-state index contributed by atoms with van der Waals surface area (Å²) in [6.45, 7) is 0.284. The largest absolute Gasteiger partial charge is 0.481 e. The predicted molar refractivity (Wildman–Crippen MR) is 79.9 cm³/mol. The predicted octanol–water partition coefficient (Wildman–Crippen LogP) is 1.74. The molecule has 0 spiro atoms. The van der Waals surface area contributed by atoms with Gasteiger partial charge >= 0.3 is 5.97 Å². The highest BCUT2D eigenvalue weighted by molar-refractivity contribution is 5.80. The molecule has 116 valence electrons. The number of amides is 1.